The molecule has 0 saturated carbocycles. The van der Waals surface area contributed by atoms with Crippen LogP contribution in [0, 0.1) is 11.5 Å². The predicted octanol–water partition coefficient (Wildman–Crippen LogP) is 4.83. The van der Waals surface area contributed by atoms with Crippen molar-refractivity contribution >= 4 is 16.4 Å². The molecule has 0 fully saturated rings. The zero-order chi connectivity index (χ0) is 16.3. The largest absolute Gasteiger partial charge is 0.411 e. The van der Waals surface area contributed by atoms with Gasteiger partial charge in [-0.2, -0.15) is 0 Å². The molecule has 1 heterocycles. The molecule has 116 valence electrons. The molecule has 1 aromatic rings. The second-order valence-corrected chi connectivity index (χ2v) is 17.6. The standard InChI is InChI=1S/C17H29NOSi2/c1-17(2,3)21(7,8)19-14-16-10-9-15(13-18-16)11-12-20(4,5)6/h9-10,13H,14H2,1-8H3. The topological polar surface area (TPSA) is 22.1 Å². The maximum atomic E-state index is 6.18. The first kappa shape index (κ1) is 18.2. The Morgan fingerprint density at radius 2 is 1.71 bits per heavy atom. The molecule has 0 aromatic carbocycles. The normalized spacial score (nSPS) is 12.8. The summed E-state index contributed by atoms with van der Waals surface area (Å²) in [5, 5.41) is 0.232. The van der Waals surface area contributed by atoms with Crippen molar-refractivity contribution in [2.75, 3.05) is 0 Å². The van der Waals surface area contributed by atoms with Gasteiger partial charge in [-0.05, 0) is 30.3 Å². The average Bonchev–Trinajstić information content (AvgIpc) is 2.33. The molecule has 4 heteroatoms. The lowest BCUT2D eigenvalue weighted by molar-refractivity contribution is 0.272. The molecule has 0 N–H and O–H groups in total. The lowest BCUT2D eigenvalue weighted by Crippen LogP contribution is -2.40. The Labute approximate surface area is 132 Å². The first-order valence-corrected chi connectivity index (χ1v) is 13.9. The summed E-state index contributed by atoms with van der Waals surface area (Å²) in [5.41, 5.74) is 5.34. The summed E-state index contributed by atoms with van der Waals surface area (Å²) in [6.45, 7) is 18.6. The molecule has 0 aliphatic heterocycles. The van der Waals surface area contributed by atoms with E-state index in [2.05, 4.69) is 70.0 Å². The average molecular weight is 320 g/mol. The van der Waals surface area contributed by atoms with E-state index in [1.165, 1.54) is 0 Å². The summed E-state index contributed by atoms with van der Waals surface area (Å²) in [6, 6.07) is 4.08. The lowest BCUT2D eigenvalue weighted by atomic mass is 10.2. The quantitative estimate of drug-likeness (QED) is 0.588. The van der Waals surface area contributed by atoms with E-state index in [4.69, 9.17) is 4.43 Å². The molecule has 0 radical (unpaired) electrons. The van der Waals surface area contributed by atoms with E-state index in [9.17, 15) is 0 Å². The molecule has 0 aliphatic carbocycles. The summed E-state index contributed by atoms with van der Waals surface area (Å²) in [6.07, 6.45) is 1.86. The second-order valence-electron chi connectivity index (χ2n) is 8.09. The van der Waals surface area contributed by atoms with Crippen LogP contribution >= 0.6 is 0 Å². The van der Waals surface area contributed by atoms with Crippen LogP contribution in [0.15, 0.2) is 18.3 Å². The summed E-state index contributed by atoms with van der Waals surface area (Å²) >= 11 is 0. The zero-order valence-corrected chi connectivity index (χ0v) is 16.8. The highest BCUT2D eigenvalue weighted by molar-refractivity contribution is 6.83. The summed E-state index contributed by atoms with van der Waals surface area (Å²) in [7, 11) is -3.03. The van der Waals surface area contributed by atoms with Crippen molar-refractivity contribution in [2.24, 2.45) is 0 Å². The van der Waals surface area contributed by atoms with Crippen molar-refractivity contribution < 1.29 is 4.43 Å². The first-order valence-electron chi connectivity index (χ1n) is 7.53. The number of aromatic nitrogens is 1. The highest BCUT2D eigenvalue weighted by Gasteiger charge is 2.37. The van der Waals surface area contributed by atoms with Crippen LogP contribution in [0.3, 0.4) is 0 Å². The summed E-state index contributed by atoms with van der Waals surface area (Å²) in [4.78, 5) is 4.47. The monoisotopic (exact) mass is 319 g/mol. The Morgan fingerprint density at radius 3 is 2.14 bits per heavy atom. The summed E-state index contributed by atoms with van der Waals surface area (Å²) < 4.78 is 6.18. The van der Waals surface area contributed by atoms with Crippen molar-refractivity contribution in [3.8, 4) is 11.5 Å². The third-order valence-electron chi connectivity index (χ3n) is 3.79. The van der Waals surface area contributed by atoms with Crippen LogP contribution in [0.2, 0.25) is 37.8 Å². The molecule has 0 saturated heterocycles. The van der Waals surface area contributed by atoms with E-state index >= 15 is 0 Å². The molecule has 0 spiro atoms. The molecule has 2 nitrogen and oxygen atoms in total. The van der Waals surface area contributed by atoms with Gasteiger partial charge in [-0.1, -0.05) is 46.3 Å². The van der Waals surface area contributed by atoms with E-state index in [0.29, 0.717) is 6.61 Å². The third kappa shape index (κ3) is 6.17. The fourth-order valence-corrected chi connectivity index (χ4v) is 2.78. The Morgan fingerprint density at radius 1 is 1.10 bits per heavy atom. The van der Waals surface area contributed by atoms with Gasteiger partial charge in [-0.25, -0.2) is 0 Å². The van der Waals surface area contributed by atoms with Crippen LogP contribution in [0.25, 0.3) is 0 Å². The molecule has 0 unspecified atom stereocenters. The van der Waals surface area contributed by atoms with Crippen LogP contribution < -0.4 is 0 Å². The lowest BCUT2D eigenvalue weighted by Gasteiger charge is -2.36. The van der Waals surface area contributed by atoms with Crippen molar-refractivity contribution in [3.05, 3.63) is 29.6 Å². The highest BCUT2D eigenvalue weighted by atomic mass is 28.4. The number of nitrogens with zero attached hydrogens (tertiary/aromatic N) is 1. The van der Waals surface area contributed by atoms with Gasteiger partial charge in [0.15, 0.2) is 8.32 Å². The van der Waals surface area contributed by atoms with E-state index in [0.717, 1.165) is 11.3 Å². The van der Waals surface area contributed by atoms with Crippen LogP contribution in [0.5, 0.6) is 0 Å². The van der Waals surface area contributed by atoms with Crippen molar-refractivity contribution in [1.82, 2.24) is 4.98 Å². The first-order chi connectivity index (χ1) is 9.41. The van der Waals surface area contributed by atoms with Gasteiger partial charge in [0, 0.05) is 11.8 Å². The number of pyridine rings is 1. The van der Waals surface area contributed by atoms with Gasteiger partial charge in [-0.15, -0.1) is 5.54 Å². The smallest absolute Gasteiger partial charge is 0.192 e. The molecular weight excluding hydrogens is 290 g/mol. The molecular formula is C17H29NOSi2. The fraction of sp³-hybridized carbons (Fsp3) is 0.588. The number of hydrogen-bond acceptors (Lipinski definition) is 2. The molecule has 21 heavy (non-hydrogen) atoms. The Bertz CT molecular complexity index is 525. The van der Waals surface area contributed by atoms with Crippen molar-refractivity contribution in [2.45, 2.75) is 65.2 Å². The zero-order valence-electron chi connectivity index (χ0n) is 14.8. The molecule has 1 aromatic heterocycles. The van der Waals surface area contributed by atoms with Gasteiger partial charge >= 0.3 is 0 Å². The molecule has 0 amide bonds. The minimum absolute atomic E-state index is 0.232. The Balaban J connectivity index is 2.70. The van der Waals surface area contributed by atoms with Crippen LogP contribution in [-0.2, 0) is 11.0 Å². The fourth-order valence-electron chi connectivity index (χ4n) is 1.31. The minimum atomic E-state index is -1.70. The Hall–Kier alpha value is -0.896. The van der Waals surface area contributed by atoms with Gasteiger partial charge in [0.25, 0.3) is 0 Å². The van der Waals surface area contributed by atoms with E-state index in [1.807, 2.05) is 18.3 Å². The highest BCUT2D eigenvalue weighted by Crippen LogP contribution is 2.36. The van der Waals surface area contributed by atoms with Gasteiger partial charge in [0.2, 0.25) is 0 Å². The van der Waals surface area contributed by atoms with Gasteiger partial charge < -0.3 is 4.43 Å². The van der Waals surface area contributed by atoms with Gasteiger partial charge in [-0.3, -0.25) is 4.98 Å². The van der Waals surface area contributed by atoms with Crippen LogP contribution in [-0.4, -0.2) is 21.4 Å². The molecule has 0 atom stereocenters. The second kappa shape index (κ2) is 6.47. The Kier molecular flexibility index (Phi) is 5.59. The van der Waals surface area contributed by atoms with Crippen LogP contribution in [0.4, 0.5) is 0 Å². The number of rotatable bonds is 3. The maximum Gasteiger partial charge on any atom is 0.192 e. The van der Waals surface area contributed by atoms with E-state index < -0.39 is 16.4 Å². The minimum Gasteiger partial charge on any atom is -0.411 e. The maximum absolute atomic E-state index is 6.18. The SMILES string of the molecule is CC(C)(C)[Si](C)(C)OCc1ccc(C#C[Si](C)(C)C)cn1. The molecule has 1 rings (SSSR count). The molecule has 0 aliphatic rings. The van der Waals surface area contributed by atoms with Gasteiger partial charge in [0.05, 0.1) is 12.3 Å². The molecule has 0 bridgehead atoms. The predicted molar refractivity (Wildman–Crippen MR) is 96.4 cm³/mol. The van der Waals surface area contributed by atoms with Gasteiger partial charge in [0.1, 0.15) is 8.07 Å². The summed E-state index contributed by atoms with van der Waals surface area (Å²) in [5.74, 6) is 3.23. The third-order valence-corrected chi connectivity index (χ3v) is 9.15. The van der Waals surface area contributed by atoms with E-state index in [1.54, 1.807) is 0 Å². The number of hydrogen-bond donors (Lipinski definition) is 0. The van der Waals surface area contributed by atoms with Crippen molar-refractivity contribution in [3.63, 3.8) is 0 Å². The van der Waals surface area contributed by atoms with E-state index in [-0.39, 0.29) is 5.04 Å². The van der Waals surface area contributed by atoms with Crippen molar-refractivity contribution in [1.29, 1.82) is 0 Å². The van der Waals surface area contributed by atoms with Crippen LogP contribution in [0.1, 0.15) is 32.0 Å².